The van der Waals surface area contributed by atoms with Crippen molar-refractivity contribution in [3.8, 4) is 0 Å². The molecule has 1 spiro atoms. The number of aryl methyl sites for hydroxylation is 2. The molecule has 0 aromatic heterocycles. The van der Waals surface area contributed by atoms with E-state index in [1.54, 1.807) is 0 Å². The molecule has 1 aliphatic carbocycles. The minimum absolute atomic E-state index is 0.397. The molecule has 1 saturated heterocycles. The van der Waals surface area contributed by atoms with Crippen molar-refractivity contribution in [3.63, 3.8) is 0 Å². The number of ether oxygens (including phenoxy) is 2. The third-order valence-corrected chi connectivity index (χ3v) is 3.59. The predicted molar refractivity (Wildman–Crippen MR) is 57.8 cm³/mol. The SMILES string of the molecule is Cc1ccc(C)c2c1CCC21OCCO1. The largest absolute Gasteiger partial charge is 0.343 e. The topological polar surface area (TPSA) is 18.5 Å². The van der Waals surface area contributed by atoms with E-state index in [1.807, 2.05) is 0 Å². The summed E-state index contributed by atoms with van der Waals surface area (Å²) >= 11 is 0. The lowest BCUT2D eigenvalue weighted by atomic mass is 9.97. The summed E-state index contributed by atoms with van der Waals surface area (Å²) in [5.41, 5.74) is 5.42. The molecule has 0 amide bonds. The Morgan fingerprint density at radius 3 is 2.47 bits per heavy atom. The molecule has 1 aromatic rings. The molecule has 3 rings (SSSR count). The molecular weight excluding hydrogens is 188 g/mol. The number of hydrogen-bond donors (Lipinski definition) is 0. The highest BCUT2D eigenvalue weighted by Gasteiger charge is 2.45. The number of hydrogen-bond acceptors (Lipinski definition) is 2. The molecule has 0 atom stereocenters. The van der Waals surface area contributed by atoms with Crippen LogP contribution in [-0.4, -0.2) is 13.2 Å². The minimum Gasteiger partial charge on any atom is -0.343 e. The van der Waals surface area contributed by atoms with Crippen molar-refractivity contribution >= 4 is 0 Å². The first-order valence-electron chi connectivity index (χ1n) is 5.60. The van der Waals surface area contributed by atoms with E-state index in [9.17, 15) is 0 Å². The van der Waals surface area contributed by atoms with Crippen LogP contribution in [0, 0.1) is 13.8 Å². The van der Waals surface area contributed by atoms with Gasteiger partial charge in [0, 0.05) is 12.0 Å². The summed E-state index contributed by atoms with van der Waals surface area (Å²) in [6.45, 7) is 5.78. The summed E-state index contributed by atoms with van der Waals surface area (Å²) < 4.78 is 11.7. The fourth-order valence-corrected chi connectivity index (χ4v) is 2.88. The van der Waals surface area contributed by atoms with Gasteiger partial charge in [0.05, 0.1) is 13.2 Å². The van der Waals surface area contributed by atoms with E-state index < -0.39 is 5.79 Å². The van der Waals surface area contributed by atoms with Crippen LogP contribution in [-0.2, 0) is 21.7 Å². The molecule has 0 bridgehead atoms. The lowest BCUT2D eigenvalue weighted by molar-refractivity contribution is -0.163. The van der Waals surface area contributed by atoms with Crippen LogP contribution in [0.1, 0.15) is 28.7 Å². The average molecular weight is 204 g/mol. The van der Waals surface area contributed by atoms with Gasteiger partial charge >= 0.3 is 0 Å². The Kier molecular flexibility index (Phi) is 1.91. The van der Waals surface area contributed by atoms with Crippen LogP contribution in [0.25, 0.3) is 0 Å². The van der Waals surface area contributed by atoms with Gasteiger partial charge in [-0.25, -0.2) is 0 Å². The predicted octanol–water partition coefficient (Wildman–Crippen LogP) is 2.45. The van der Waals surface area contributed by atoms with Crippen LogP contribution in [0.15, 0.2) is 12.1 Å². The first-order valence-corrected chi connectivity index (χ1v) is 5.60. The highest BCUT2D eigenvalue weighted by molar-refractivity contribution is 5.46. The maximum absolute atomic E-state index is 5.84. The van der Waals surface area contributed by atoms with Gasteiger partial charge in [0.25, 0.3) is 0 Å². The lowest BCUT2D eigenvalue weighted by Gasteiger charge is -2.24. The number of rotatable bonds is 0. The second-order valence-electron chi connectivity index (χ2n) is 4.50. The van der Waals surface area contributed by atoms with Crippen molar-refractivity contribution in [2.24, 2.45) is 0 Å². The molecule has 1 fully saturated rings. The van der Waals surface area contributed by atoms with E-state index in [0.29, 0.717) is 0 Å². The zero-order valence-corrected chi connectivity index (χ0v) is 9.30. The number of benzene rings is 1. The monoisotopic (exact) mass is 204 g/mol. The third-order valence-electron chi connectivity index (χ3n) is 3.59. The molecule has 0 N–H and O–H groups in total. The van der Waals surface area contributed by atoms with Crippen molar-refractivity contribution in [1.82, 2.24) is 0 Å². The summed E-state index contributed by atoms with van der Waals surface area (Å²) in [7, 11) is 0. The fourth-order valence-electron chi connectivity index (χ4n) is 2.88. The fraction of sp³-hybridized carbons (Fsp3) is 0.538. The third kappa shape index (κ3) is 1.18. The molecule has 0 unspecified atom stereocenters. The van der Waals surface area contributed by atoms with E-state index >= 15 is 0 Å². The Morgan fingerprint density at radius 1 is 1.07 bits per heavy atom. The standard InChI is InChI=1S/C13H16O2/c1-9-3-4-10(2)12-11(9)5-6-13(12)14-7-8-15-13/h3-4H,5-8H2,1-2H3. The Hall–Kier alpha value is -0.860. The van der Waals surface area contributed by atoms with Gasteiger partial charge in [-0.3, -0.25) is 0 Å². The molecule has 15 heavy (non-hydrogen) atoms. The van der Waals surface area contributed by atoms with Crippen molar-refractivity contribution in [1.29, 1.82) is 0 Å². The van der Waals surface area contributed by atoms with E-state index in [2.05, 4.69) is 26.0 Å². The lowest BCUT2D eigenvalue weighted by Crippen LogP contribution is -2.24. The molecule has 1 aromatic carbocycles. The Labute approximate surface area is 90.2 Å². The van der Waals surface area contributed by atoms with Gasteiger partial charge in [-0.15, -0.1) is 0 Å². The zero-order chi connectivity index (χ0) is 10.5. The summed E-state index contributed by atoms with van der Waals surface area (Å²) in [6, 6.07) is 4.37. The van der Waals surface area contributed by atoms with Gasteiger partial charge in [0.1, 0.15) is 0 Å². The summed E-state index contributed by atoms with van der Waals surface area (Å²) in [6.07, 6.45) is 2.07. The molecule has 80 valence electrons. The van der Waals surface area contributed by atoms with E-state index in [4.69, 9.17) is 9.47 Å². The molecule has 0 radical (unpaired) electrons. The normalized spacial score (nSPS) is 22.3. The van der Waals surface area contributed by atoms with Gasteiger partial charge in [-0.05, 0) is 37.0 Å². The van der Waals surface area contributed by atoms with Gasteiger partial charge in [-0.2, -0.15) is 0 Å². The van der Waals surface area contributed by atoms with Crippen LogP contribution in [0.4, 0.5) is 0 Å². The molecule has 2 heteroatoms. The van der Waals surface area contributed by atoms with Gasteiger partial charge < -0.3 is 9.47 Å². The summed E-state index contributed by atoms with van der Waals surface area (Å²) in [5, 5.41) is 0. The highest BCUT2D eigenvalue weighted by Crippen LogP contribution is 2.45. The summed E-state index contributed by atoms with van der Waals surface area (Å²) in [5.74, 6) is -0.397. The van der Waals surface area contributed by atoms with Gasteiger partial charge in [0.15, 0.2) is 5.79 Å². The maximum Gasteiger partial charge on any atom is 0.195 e. The van der Waals surface area contributed by atoms with E-state index in [0.717, 1.165) is 26.1 Å². The van der Waals surface area contributed by atoms with Crippen LogP contribution < -0.4 is 0 Å². The second kappa shape index (κ2) is 3.06. The molecule has 1 aliphatic heterocycles. The Morgan fingerprint density at radius 2 is 1.73 bits per heavy atom. The van der Waals surface area contributed by atoms with Crippen LogP contribution in [0.5, 0.6) is 0 Å². The Balaban J connectivity index is 2.20. The summed E-state index contributed by atoms with van der Waals surface area (Å²) in [4.78, 5) is 0. The quantitative estimate of drug-likeness (QED) is 0.646. The molecule has 1 heterocycles. The van der Waals surface area contributed by atoms with Crippen molar-refractivity contribution < 1.29 is 9.47 Å². The van der Waals surface area contributed by atoms with Crippen LogP contribution >= 0.6 is 0 Å². The smallest absolute Gasteiger partial charge is 0.195 e. The average Bonchev–Trinajstić information content (AvgIpc) is 2.83. The zero-order valence-electron chi connectivity index (χ0n) is 9.30. The van der Waals surface area contributed by atoms with Crippen LogP contribution in [0.2, 0.25) is 0 Å². The molecule has 2 nitrogen and oxygen atoms in total. The first kappa shape index (κ1) is 9.37. The molecule has 0 saturated carbocycles. The maximum atomic E-state index is 5.84. The number of fused-ring (bicyclic) bond motifs is 2. The van der Waals surface area contributed by atoms with Crippen LogP contribution in [0.3, 0.4) is 0 Å². The molecule has 2 aliphatic rings. The van der Waals surface area contributed by atoms with Crippen molar-refractivity contribution in [3.05, 3.63) is 34.4 Å². The van der Waals surface area contributed by atoms with Gasteiger partial charge in [0.2, 0.25) is 0 Å². The Bertz CT molecular complexity index is 403. The first-order chi connectivity index (χ1) is 7.23. The van der Waals surface area contributed by atoms with Gasteiger partial charge in [-0.1, -0.05) is 12.1 Å². The van der Waals surface area contributed by atoms with Crippen molar-refractivity contribution in [2.75, 3.05) is 13.2 Å². The van der Waals surface area contributed by atoms with E-state index in [1.165, 1.54) is 22.3 Å². The molecular formula is C13H16O2. The van der Waals surface area contributed by atoms with E-state index in [-0.39, 0.29) is 0 Å². The highest BCUT2D eigenvalue weighted by atomic mass is 16.7. The second-order valence-corrected chi connectivity index (χ2v) is 4.50. The minimum atomic E-state index is -0.397. The van der Waals surface area contributed by atoms with Crippen molar-refractivity contribution in [2.45, 2.75) is 32.5 Å².